The predicted octanol–water partition coefficient (Wildman–Crippen LogP) is 2.06. The molecule has 3 rings (SSSR count). The fourth-order valence-electron chi connectivity index (χ4n) is 2.42. The van der Waals surface area contributed by atoms with Crippen molar-refractivity contribution in [2.24, 2.45) is 0 Å². The van der Waals surface area contributed by atoms with E-state index in [1.165, 1.54) is 12.1 Å². The van der Waals surface area contributed by atoms with Crippen LogP contribution in [0, 0.1) is 12.7 Å². The van der Waals surface area contributed by atoms with E-state index in [4.69, 9.17) is 0 Å². The molecule has 1 aliphatic heterocycles. The summed E-state index contributed by atoms with van der Waals surface area (Å²) in [6.07, 6.45) is 0. The van der Waals surface area contributed by atoms with Crippen LogP contribution in [-0.4, -0.2) is 21.3 Å². The van der Waals surface area contributed by atoms with Crippen molar-refractivity contribution in [3.63, 3.8) is 0 Å². The van der Waals surface area contributed by atoms with Gasteiger partial charge in [0.15, 0.2) is 5.82 Å². The first kappa shape index (κ1) is 11.3. The molecule has 1 aliphatic rings. The largest absolute Gasteiger partial charge is 0.308 e. The van der Waals surface area contributed by atoms with Crippen molar-refractivity contribution in [3.05, 3.63) is 35.4 Å². The topological polar surface area (TPSA) is 42.7 Å². The first-order valence-corrected chi connectivity index (χ1v) is 6.09. The van der Waals surface area contributed by atoms with E-state index in [0.717, 1.165) is 35.9 Å². The van der Waals surface area contributed by atoms with Crippen LogP contribution in [-0.2, 0) is 6.54 Å². The van der Waals surface area contributed by atoms with Gasteiger partial charge in [-0.2, -0.15) is 0 Å². The summed E-state index contributed by atoms with van der Waals surface area (Å²) in [5, 5.41) is 11.7. The molecule has 1 aromatic heterocycles. The number of hydrogen-bond acceptors (Lipinski definition) is 3. The van der Waals surface area contributed by atoms with Gasteiger partial charge in [0.1, 0.15) is 11.6 Å². The Balaban J connectivity index is 2.12. The van der Waals surface area contributed by atoms with Gasteiger partial charge in [-0.3, -0.25) is 0 Å². The molecule has 2 heterocycles. The van der Waals surface area contributed by atoms with Gasteiger partial charge in [-0.25, -0.2) is 4.39 Å². The lowest BCUT2D eigenvalue weighted by Crippen LogP contribution is -2.32. The Bertz CT molecular complexity index is 570. The number of rotatable bonds is 1. The van der Waals surface area contributed by atoms with E-state index in [1.807, 2.05) is 13.0 Å². The highest BCUT2D eigenvalue weighted by Gasteiger charge is 2.22. The monoisotopic (exact) mass is 246 g/mol. The van der Waals surface area contributed by atoms with Crippen LogP contribution in [0.5, 0.6) is 0 Å². The number of aryl methyl sites for hydroxylation is 1. The highest BCUT2D eigenvalue weighted by atomic mass is 19.1. The van der Waals surface area contributed by atoms with Crippen LogP contribution in [0.4, 0.5) is 4.39 Å². The summed E-state index contributed by atoms with van der Waals surface area (Å²) >= 11 is 0. The maximum atomic E-state index is 13.5. The average molecular weight is 246 g/mol. The van der Waals surface area contributed by atoms with Crippen molar-refractivity contribution in [1.82, 2.24) is 20.1 Å². The molecule has 94 valence electrons. The Labute approximate surface area is 105 Å². The Morgan fingerprint density at radius 1 is 1.33 bits per heavy atom. The SMILES string of the molecule is Cc1cc(F)cc(-c2nnc3n2CCNC3C)c1. The van der Waals surface area contributed by atoms with Gasteiger partial charge < -0.3 is 9.88 Å². The van der Waals surface area contributed by atoms with Crippen molar-refractivity contribution in [1.29, 1.82) is 0 Å². The first-order valence-electron chi connectivity index (χ1n) is 6.09. The molecule has 1 aromatic carbocycles. The number of nitrogens with zero attached hydrogens (tertiary/aromatic N) is 3. The lowest BCUT2D eigenvalue weighted by atomic mass is 10.1. The third-order valence-electron chi connectivity index (χ3n) is 3.25. The van der Waals surface area contributed by atoms with Crippen molar-refractivity contribution < 1.29 is 4.39 Å². The molecule has 18 heavy (non-hydrogen) atoms. The van der Waals surface area contributed by atoms with Gasteiger partial charge in [0.25, 0.3) is 0 Å². The van der Waals surface area contributed by atoms with Crippen molar-refractivity contribution in [2.75, 3.05) is 6.54 Å². The molecule has 0 saturated carbocycles. The van der Waals surface area contributed by atoms with Crippen molar-refractivity contribution in [3.8, 4) is 11.4 Å². The molecule has 0 aliphatic carbocycles. The summed E-state index contributed by atoms with van der Waals surface area (Å²) < 4.78 is 15.5. The number of nitrogens with one attached hydrogen (secondary N) is 1. The second-order valence-corrected chi connectivity index (χ2v) is 4.73. The normalized spacial score (nSPS) is 18.7. The van der Waals surface area contributed by atoms with E-state index in [2.05, 4.69) is 27.0 Å². The Hall–Kier alpha value is -1.75. The van der Waals surface area contributed by atoms with Gasteiger partial charge >= 0.3 is 0 Å². The van der Waals surface area contributed by atoms with Crippen LogP contribution in [0.1, 0.15) is 24.4 Å². The Morgan fingerprint density at radius 2 is 2.17 bits per heavy atom. The van der Waals surface area contributed by atoms with E-state index in [1.54, 1.807) is 0 Å². The van der Waals surface area contributed by atoms with Crippen LogP contribution < -0.4 is 5.32 Å². The van der Waals surface area contributed by atoms with Crippen molar-refractivity contribution in [2.45, 2.75) is 26.4 Å². The Morgan fingerprint density at radius 3 is 2.94 bits per heavy atom. The van der Waals surface area contributed by atoms with Crippen molar-refractivity contribution >= 4 is 0 Å². The second kappa shape index (κ2) is 4.17. The predicted molar refractivity (Wildman–Crippen MR) is 66.6 cm³/mol. The zero-order valence-corrected chi connectivity index (χ0v) is 10.4. The highest BCUT2D eigenvalue weighted by Crippen LogP contribution is 2.24. The molecule has 1 unspecified atom stereocenters. The van der Waals surface area contributed by atoms with E-state index in [-0.39, 0.29) is 11.9 Å². The summed E-state index contributed by atoms with van der Waals surface area (Å²) in [4.78, 5) is 0. The quantitative estimate of drug-likeness (QED) is 0.837. The summed E-state index contributed by atoms with van der Waals surface area (Å²) in [7, 11) is 0. The number of fused-ring (bicyclic) bond motifs is 1. The molecule has 0 spiro atoms. The molecule has 1 N–H and O–H groups in total. The minimum atomic E-state index is -0.232. The maximum Gasteiger partial charge on any atom is 0.164 e. The molecule has 0 fully saturated rings. The second-order valence-electron chi connectivity index (χ2n) is 4.73. The number of halogens is 1. The third kappa shape index (κ3) is 1.80. The molecule has 0 radical (unpaired) electrons. The summed E-state index contributed by atoms with van der Waals surface area (Å²) in [6.45, 7) is 5.63. The van der Waals surface area contributed by atoms with E-state index in [9.17, 15) is 4.39 Å². The van der Waals surface area contributed by atoms with Crippen LogP contribution >= 0.6 is 0 Å². The zero-order valence-electron chi connectivity index (χ0n) is 10.4. The first-order chi connectivity index (χ1) is 8.65. The third-order valence-corrected chi connectivity index (χ3v) is 3.25. The summed E-state index contributed by atoms with van der Waals surface area (Å²) in [6, 6.07) is 5.15. The van der Waals surface area contributed by atoms with Gasteiger partial charge in [0.2, 0.25) is 0 Å². The highest BCUT2D eigenvalue weighted by molar-refractivity contribution is 5.57. The number of benzene rings is 1. The lowest BCUT2D eigenvalue weighted by molar-refractivity contribution is 0.439. The van der Waals surface area contributed by atoms with E-state index >= 15 is 0 Å². The zero-order chi connectivity index (χ0) is 12.7. The standard InChI is InChI=1S/C13H15FN4/c1-8-5-10(7-11(14)6-8)13-17-16-12-9(2)15-3-4-18(12)13/h5-7,9,15H,3-4H2,1-2H3. The average Bonchev–Trinajstić information content (AvgIpc) is 2.73. The van der Waals surface area contributed by atoms with Crippen LogP contribution in [0.2, 0.25) is 0 Å². The molecular weight excluding hydrogens is 231 g/mol. The van der Waals surface area contributed by atoms with Gasteiger partial charge in [0.05, 0.1) is 6.04 Å². The van der Waals surface area contributed by atoms with Crippen LogP contribution in [0.3, 0.4) is 0 Å². The number of aromatic nitrogens is 3. The molecule has 5 heteroatoms. The lowest BCUT2D eigenvalue weighted by Gasteiger charge is -2.22. The maximum absolute atomic E-state index is 13.5. The fraction of sp³-hybridized carbons (Fsp3) is 0.385. The minimum Gasteiger partial charge on any atom is -0.308 e. The molecule has 4 nitrogen and oxygen atoms in total. The summed E-state index contributed by atoms with van der Waals surface area (Å²) in [5.74, 6) is 1.43. The van der Waals surface area contributed by atoms with Gasteiger partial charge in [-0.15, -0.1) is 10.2 Å². The molecule has 2 aromatic rings. The van der Waals surface area contributed by atoms with Crippen LogP contribution in [0.25, 0.3) is 11.4 Å². The van der Waals surface area contributed by atoms with E-state index < -0.39 is 0 Å². The summed E-state index contributed by atoms with van der Waals surface area (Å²) in [5.41, 5.74) is 1.68. The van der Waals surface area contributed by atoms with Gasteiger partial charge in [0, 0.05) is 18.7 Å². The molecule has 0 bridgehead atoms. The molecular formula is C13H15FN4. The minimum absolute atomic E-state index is 0.189. The smallest absolute Gasteiger partial charge is 0.164 e. The fourth-order valence-corrected chi connectivity index (χ4v) is 2.42. The van der Waals surface area contributed by atoms with E-state index in [0.29, 0.717) is 0 Å². The molecule has 0 saturated heterocycles. The Kier molecular flexibility index (Phi) is 2.63. The number of hydrogen-bond donors (Lipinski definition) is 1. The van der Waals surface area contributed by atoms with Gasteiger partial charge in [-0.05, 0) is 37.6 Å². The molecule has 0 amide bonds. The van der Waals surface area contributed by atoms with Gasteiger partial charge in [-0.1, -0.05) is 0 Å². The van der Waals surface area contributed by atoms with Crippen LogP contribution in [0.15, 0.2) is 18.2 Å². The molecule has 1 atom stereocenters.